The summed E-state index contributed by atoms with van der Waals surface area (Å²) in [6.07, 6.45) is 0. The molecule has 0 spiro atoms. The molecule has 6 heteroatoms. The highest BCUT2D eigenvalue weighted by Crippen LogP contribution is 1.73. The van der Waals surface area contributed by atoms with Crippen LogP contribution in [0.3, 0.4) is 0 Å². The SMILES string of the molecule is CC(C)NO.CCN(O)CC.NO. The fraction of sp³-hybridized carbons (Fsp3) is 1.00. The molecule has 6 N–H and O–H groups in total. The van der Waals surface area contributed by atoms with E-state index in [1.165, 1.54) is 5.06 Å². The zero-order valence-electron chi connectivity index (χ0n) is 8.86. The van der Waals surface area contributed by atoms with E-state index in [0.29, 0.717) is 0 Å². The Kier molecular flexibility index (Phi) is 25.3. The summed E-state index contributed by atoms with van der Waals surface area (Å²) in [7, 11) is 0. The second-order valence-corrected chi connectivity index (χ2v) is 2.42. The first kappa shape index (κ1) is 18.5. The molecule has 0 aromatic carbocycles. The molecule has 0 heterocycles. The van der Waals surface area contributed by atoms with Crippen LogP contribution in [0.25, 0.3) is 0 Å². The van der Waals surface area contributed by atoms with E-state index in [-0.39, 0.29) is 6.04 Å². The highest BCUT2D eigenvalue weighted by Gasteiger charge is 1.84. The number of hydrogen-bond donors (Lipinski definition) is 5. The summed E-state index contributed by atoms with van der Waals surface area (Å²) >= 11 is 0. The second-order valence-electron chi connectivity index (χ2n) is 2.42. The van der Waals surface area contributed by atoms with Crippen molar-refractivity contribution < 1.29 is 15.6 Å². The third kappa shape index (κ3) is 33.8. The Labute approximate surface area is 79.8 Å². The standard InChI is InChI=1S/C4H11NO.C3H9NO.H3NO/c1-3-5(6)4-2;1-3(2)4-5;1-2/h6H,3-4H2,1-2H3;3-5H,1-2H3;2H,1H2. The molecule has 0 atom stereocenters. The molecule has 0 unspecified atom stereocenters. The molecule has 6 nitrogen and oxygen atoms in total. The van der Waals surface area contributed by atoms with Crippen LogP contribution in [0.2, 0.25) is 0 Å². The minimum Gasteiger partial charge on any atom is -0.320 e. The fourth-order valence-corrected chi connectivity index (χ4v) is 0.224. The van der Waals surface area contributed by atoms with Crippen LogP contribution < -0.4 is 11.4 Å². The lowest BCUT2D eigenvalue weighted by Crippen LogP contribution is -2.16. The minimum atomic E-state index is 0.190. The smallest absolute Gasteiger partial charge is 0.0263 e. The van der Waals surface area contributed by atoms with Gasteiger partial charge in [0.05, 0.1) is 0 Å². The van der Waals surface area contributed by atoms with E-state index in [4.69, 9.17) is 15.6 Å². The van der Waals surface area contributed by atoms with Gasteiger partial charge in [0.25, 0.3) is 0 Å². The summed E-state index contributed by atoms with van der Waals surface area (Å²) in [4.78, 5) is 0. The number of hydrogen-bond acceptors (Lipinski definition) is 6. The van der Waals surface area contributed by atoms with Crippen LogP contribution in [0.5, 0.6) is 0 Å². The molecule has 0 amide bonds. The lowest BCUT2D eigenvalue weighted by molar-refractivity contribution is -0.0813. The van der Waals surface area contributed by atoms with E-state index in [2.05, 4.69) is 5.90 Å². The van der Waals surface area contributed by atoms with Crippen molar-refractivity contribution in [2.45, 2.75) is 33.7 Å². The number of hydroxylamine groups is 3. The topological polar surface area (TPSA) is 102 Å². The summed E-state index contributed by atoms with van der Waals surface area (Å²) in [6.45, 7) is 8.97. The van der Waals surface area contributed by atoms with Gasteiger partial charge < -0.3 is 15.6 Å². The highest BCUT2D eigenvalue weighted by atomic mass is 16.5. The molecule has 0 radical (unpaired) electrons. The van der Waals surface area contributed by atoms with Crippen molar-refractivity contribution >= 4 is 0 Å². The number of rotatable bonds is 3. The van der Waals surface area contributed by atoms with Gasteiger partial charge in [0, 0.05) is 19.1 Å². The Hall–Kier alpha value is -0.240. The van der Waals surface area contributed by atoms with Gasteiger partial charge >= 0.3 is 0 Å². The van der Waals surface area contributed by atoms with E-state index in [1.54, 1.807) is 0 Å². The predicted molar refractivity (Wildman–Crippen MR) is 50.7 cm³/mol. The first-order valence-corrected chi connectivity index (χ1v) is 4.17. The molecule has 0 aromatic rings. The van der Waals surface area contributed by atoms with Gasteiger partial charge in [-0.3, -0.25) is 0 Å². The summed E-state index contributed by atoms with van der Waals surface area (Å²) in [6, 6.07) is 0.190. The third-order valence-electron chi connectivity index (χ3n) is 0.988. The first-order chi connectivity index (χ1) is 6.08. The molecular formula is C7H23N3O3. The van der Waals surface area contributed by atoms with Gasteiger partial charge in [-0.25, -0.2) is 11.4 Å². The van der Waals surface area contributed by atoms with Crippen LogP contribution in [0.4, 0.5) is 0 Å². The third-order valence-corrected chi connectivity index (χ3v) is 0.988. The molecule has 0 aliphatic rings. The maximum absolute atomic E-state index is 8.50. The van der Waals surface area contributed by atoms with Crippen molar-refractivity contribution in [3.05, 3.63) is 0 Å². The average Bonchev–Trinajstić information content (AvgIpc) is 2.20. The van der Waals surface area contributed by atoms with Crippen LogP contribution in [-0.2, 0) is 0 Å². The highest BCUT2D eigenvalue weighted by molar-refractivity contribution is 4.35. The number of nitrogens with two attached hydrogens (primary N) is 1. The van der Waals surface area contributed by atoms with Gasteiger partial charge in [-0.2, -0.15) is 5.06 Å². The van der Waals surface area contributed by atoms with Crippen LogP contribution in [0.1, 0.15) is 27.7 Å². The molecule has 84 valence electrons. The predicted octanol–water partition coefficient (Wildman–Crippen LogP) is 0.425. The van der Waals surface area contributed by atoms with Crippen molar-refractivity contribution in [2.75, 3.05) is 13.1 Å². The van der Waals surface area contributed by atoms with E-state index in [1.807, 2.05) is 33.2 Å². The van der Waals surface area contributed by atoms with Crippen molar-refractivity contribution in [1.82, 2.24) is 10.5 Å². The monoisotopic (exact) mass is 197 g/mol. The summed E-state index contributed by atoms with van der Waals surface area (Å²) in [5, 5.41) is 24.1. The van der Waals surface area contributed by atoms with Gasteiger partial charge in [-0.1, -0.05) is 13.8 Å². The normalized spacial score (nSPS) is 8.77. The van der Waals surface area contributed by atoms with Gasteiger partial charge in [0.1, 0.15) is 0 Å². The molecule has 0 bridgehead atoms. The molecule has 0 rings (SSSR count). The zero-order valence-corrected chi connectivity index (χ0v) is 8.86. The quantitative estimate of drug-likeness (QED) is 0.420. The van der Waals surface area contributed by atoms with Gasteiger partial charge in [-0.15, -0.1) is 0 Å². The van der Waals surface area contributed by atoms with Crippen LogP contribution in [0.15, 0.2) is 0 Å². The van der Waals surface area contributed by atoms with E-state index in [0.717, 1.165) is 13.1 Å². The first-order valence-electron chi connectivity index (χ1n) is 4.17. The largest absolute Gasteiger partial charge is 0.320 e. The van der Waals surface area contributed by atoms with E-state index in [9.17, 15) is 0 Å². The lowest BCUT2D eigenvalue weighted by atomic mass is 10.4. The zero-order chi connectivity index (χ0) is 11.3. The molecule has 0 fully saturated rings. The molecule has 0 aliphatic heterocycles. The van der Waals surface area contributed by atoms with Crippen molar-refractivity contribution in [2.24, 2.45) is 5.90 Å². The molecule has 0 aliphatic carbocycles. The Morgan fingerprint density at radius 1 is 1.23 bits per heavy atom. The molecule has 13 heavy (non-hydrogen) atoms. The van der Waals surface area contributed by atoms with Gasteiger partial charge in [0.2, 0.25) is 0 Å². The summed E-state index contributed by atoms with van der Waals surface area (Å²) in [5.41, 5.74) is 2.03. The van der Waals surface area contributed by atoms with Crippen molar-refractivity contribution in [1.29, 1.82) is 0 Å². The Balaban J connectivity index is -0.000000131. The van der Waals surface area contributed by atoms with Crippen LogP contribution >= 0.6 is 0 Å². The molecular weight excluding hydrogens is 174 g/mol. The van der Waals surface area contributed by atoms with E-state index >= 15 is 0 Å². The van der Waals surface area contributed by atoms with E-state index < -0.39 is 0 Å². The Bertz CT molecular complexity index is 70.0. The lowest BCUT2D eigenvalue weighted by Gasteiger charge is -2.05. The molecule has 0 aromatic heterocycles. The van der Waals surface area contributed by atoms with Crippen molar-refractivity contribution in [3.8, 4) is 0 Å². The summed E-state index contributed by atoms with van der Waals surface area (Å²) in [5.74, 6) is 3.50. The van der Waals surface area contributed by atoms with Gasteiger partial charge in [0.15, 0.2) is 0 Å². The second kappa shape index (κ2) is 17.7. The molecule has 0 saturated heterocycles. The summed E-state index contributed by atoms with van der Waals surface area (Å²) < 4.78 is 0. The molecule has 0 saturated carbocycles. The Morgan fingerprint density at radius 2 is 1.46 bits per heavy atom. The van der Waals surface area contributed by atoms with Crippen LogP contribution in [0, 0.1) is 0 Å². The Morgan fingerprint density at radius 3 is 1.46 bits per heavy atom. The minimum absolute atomic E-state index is 0.190. The maximum Gasteiger partial charge on any atom is 0.0263 e. The van der Waals surface area contributed by atoms with Crippen LogP contribution in [-0.4, -0.2) is 39.8 Å². The average molecular weight is 197 g/mol. The fourth-order valence-electron chi connectivity index (χ4n) is 0.224. The number of nitrogens with zero attached hydrogens (tertiary/aromatic N) is 1. The van der Waals surface area contributed by atoms with Gasteiger partial charge in [-0.05, 0) is 13.8 Å². The number of nitrogens with one attached hydrogen (secondary N) is 1. The van der Waals surface area contributed by atoms with Crippen molar-refractivity contribution in [3.63, 3.8) is 0 Å². The maximum atomic E-state index is 8.50.